The number of para-hydroxylation sites is 1. The lowest BCUT2D eigenvalue weighted by atomic mass is 10.0. The molecule has 1 heterocycles. The van der Waals surface area contributed by atoms with E-state index in [2.05, 4.69) is 10.3 Å². The summed E-state index contributed by atoms with van der Waals surface area (Å²) in [6.07, 6.45) is 2.87. The van der Waals surface area contributed by atoms with E-state index in [1.165, 1.54) is 0 Å². The highest BCUT2D eigenvalue weighted by molar-refractivity contribution is 6.27. The first-order valence-electron chi connectivity index (χ1n) is 10.3. The number of alkyl halides is 1. The maximum Gasteiger partial charge on any atom is 0.245 e. The monoisotopic (exact) mass is 457 g/mol. The van der Waals surface area contributed by atoms with Gasteiger partial charge in [-0.1, -0.05) is 24.3 Å². The molecule has 3 aromatic rings. The molecule has 0 aliphatic heterocycles. The molecule has 1 unspecified atom stereocenters. The van der Waals surface area contributed by atoms with E-state index < -0.39 is 6.04 Å². The van der Waals surface area contributed by atoms with Crippen molar-refractivity contribution >= 4 is 34.3 Å². The molecule has 0 saturated carbocycles. The Bertz CT molecular complexity index is 1080. The van der Waals surface area contributed by atoms with Gasteiger partial charge in [-0.3, -0.25) is 9.59 Å². The first-order valence-corrected chi connectivity index (χ1v) is 10.9. The summed E-state index contributed by atoms with van der Waals surface area (Å²) in [5.74, 6) is 0.550. The van der Waals surface area contributed by atoms with Crippen molar-refractivity contribution in [3.8, 4) is 11.5 Å². The van der Waals surface area contributed by atoms with Crippen molar-refractivity contribution in [2.24, 2.45) is 0 Å². The van der Waals surface area contributed by atoms with Crippen LogP contribution in [0.25, 0.3) is 10.9 Å². The number of amides is 2. The minimum Gasteiger partial charge on any atom is -0.493 e. The second-order valence-corrected chi connectivity index (χ2v) is 7.78. The molecule has 0 saturated heterocycles. The third-order valence-corrected chi connectivity index (χ3v) is 5.66. The number of nitrogens with zero attached hydrogens (tertiary/aromatic N) is 1. The average Bonchev–Trinajstić information content (AvgIpc) is 3.24. The van der Waals surface area contributed by atoms with Crippen molar-refractivity contribution in [2.75, 3.05) is 33.7 Å². The van der Waals surface area contributed by atoms with Crippen molar-refractivity contribution in [3.05, 3.63) is 59.8 Å². The van der Waals surface area contributed by atoms with Gasteiger partial charge in [0.1, 0.15) is 11.9 Å². The largest absolute Gasteiger partial charge is 0.493 e. The molecule has 0 spiro atoms. The number of H-pyrrole nitrogens is 1. The Hall–Kier alpha value is -3.19. The number of fused-ring (bicyclic) bond motifs is 1. The van der Waals surface area contributed by atoms with Gasteiger partial charge in [-0.05, 0) is 35.7 Å². The summed E-state index contributed by atoms with van der Waals surface area (Å²) in [6.45, 7) is 0.482. The quantitative estimate of drug-likeness (QED) is 0.458. The highest BCUT2D eigenvalue weighted by Crippen LogP contribution is 2.27. The first-order chi connectivity index (χ1) is 15.5. The van der Waals surface area contributed by atoms with E-state index >= 15 is 0 Å². The number of aromatic nitrogens is 1. The molecule has 32 heavy (non-hydrogen) atoms. The third kappa shape index (κ3) is 5.53. The highest BCUT2D eigenvalue weighted by atomic mass is 35.5. The number of hydrogen-bond acceptors (Lipinski definition) is 4. The number of carbonyl (C=O) groups is 2. The second kappa shape index (κ2) is 10.9. The fourth-order valence-corrected chi connectivity index (χ4v) is 3.74. The van der Waals surface area contributed by atoms with Crippen molar-refractivity contribution in [1.29, 1.82) is 0 Å². The number of carbonyl (C=O) groups excluding carboxylic acids is 2. The first kappa shape index (κ1) is 23.5. The SMILES string of the molecule is COc1ccc(CCN(C)C(=O)C(Cc2c[nH]c3ccccc23)NC(=O)CCl)cc1OC. The van der Waals surface area contributed by atoms with Crippen LogP contribution in [0.1, 0.15) is 11.1 Å². The van der Waals surface area contributed by atoms with Crippen LogP contribution in [-0.4, -0.2) is 61.4 Å². The molecule has 2 N–H and O–H groups in total. The lowest BCUT2D eigenvalue weighted by molar-refractivity contribution is -0.134. The zero-order chi connectivity index (χ0) is 23.1. The molecule has 2 aromatic carbocycles. The van der Waals surface area contributed by atoms with Crippen LogP contribution in [0, 0.1) is 0 Å². The molecule has 0 fully saturated rings. The van der Waals surface area contributed by atoms with Crippen molar-refractivity contribution in [3.63, 3.8) is 0 Å². The number of hydrogen-bond donors (Lipinski definition) is 2. The van der Waals surface area contributed by atoms with E-state index in [9.17, 15) is 9.59 Å². The molecular weight excluding hydrogens is 430 g/mol. The van der Waals surface area contributed by atoms with Gasteiger partial charge in [0, 0.05) is 37.1 Å². The normalized spacial score (nSPS) is 11.8. The Labute approximate surface area is 192 Å². The predicted octanol–water partition coefficient (Wildman–Crippen LogP) is 3.15. The van der Waals surface area contributed by atoms with Crippen LogP contribution >= 0.6 is 11.6 Å². The average molecular weight is 458 g/mol. The zero-order valence-electron chi connectivity index (χ0n) is 18.5. The fraction of sp³-hybridized carbons (Fsp3) is 0.333. The Morgan fingerprint density at radius 2 is 1.88 bits per heavy atom. The van der Waals surface area contributed by atoms with E-state index in [0.29, 0.717) is 30.9 Å². The molecule has 1 atom stereocenters. The maximum absolute atomic E-state index is 13.2. The van der Waals surface area contributed by atoms with Gasteiger partial charge in [-0.2, -0.15) is 0 Å². The van der Waals surface area contributed by atoms with Crippen molar-refractivity contribution in [2.45, 2.75) is 18.9 Å². The molecular formula is C24H28ClN3O4. The van der Waals surface area contributed by atoms with E-state index in [-0.39, 0.29) is 17.7 Å². The van der Waals surface area contributed by atoms with E-state index in [4.69, 9.17) is 21.1 Å². The second-order valence-electron chi connectivity index (χ2n) is 7.52. The number of likely N-dealkylation sites (N-methyl/N-ethyl adjacent to an activating group) is 1. The number of benzene rings is 2. The minimum atomic E-state index is -0.712. The van der Waals surface area contributed by atoms with Gasteiger partial charge >= 0.3 is 0 Å². The molecule has 7 nitrogen and oxygen atoms in total. The molecule has 170 valence electrons. The number of ether oxygens (including phenoxy) is 2. The summed E-state index contributed by atoms with van der Waals surface area (Å²) in [4.78, 5) is 30.1. The smallest absolute Gasteiger partial charge is 0.245 e. The topological polar surface area (TPSA) is 83.7 Å². The summed E-state index contributed by atoms with van der Waals surface area (Å²) in [7, 11) is 4.91. The lowest BCUT2D eigenvalue weighted by Gasteiger charge is -2.24. The molecule has 0 radical (unpaired) electrons. The van der Waals surface area contributed by atoms with Gasteiger partial charge in [0.05, 0.1) is 14.2 Å². The van der Waals surface area contributed by atoms with Gasteiger partial charge in [-0.25, -0.2) is 0 Å². The molecule has 3 rings (SSSR count). The standard InChI is InChI=1S/C24H28ClN3O4/c1-28(11-10-16-8-9-21(31-2)22(12-16)32-3)24(30)20(27-23(29)14-25)13-17-15-26-19-7-5-4-6-18(17)19/h4-9,12,15,20,26H,10-11,13-14H2,1-3H3,(H,27,29). The fourth-order valence-electron chi connectivity index (χ4n) is 3.66. The zero-order valence-corrected chi connectivity index (χ0v) is 19.2. The molecule has 0 aliphatic rings. The summed E-state index contributed by atoms with van der Waals surface area (Å²) in [6, 6.07) is 12.8. The number of nitrogens with one attached hydrogen (secondary N) is 2. The Kier molecular flexibility index (Phi) is 8.00. The molecule has 8 heteroatoms. The highest BCUT2D eigenvalue weighted by Gasteiger charge is 2.25. The van der Waals surface area contributed by atoms with Gasteiger partial charge in [0.25, 0.3) is 0 Å². The Morgan fingerprint density at radius 1 is 1.12 bits per heavy atom. The molecule has 0 bridgehead atoms. The van der Waals surface area contributed by atoms with E-state index in [1.807, 2.05) is 48.7 Å². The number of halogens is 1. The summed E-state index contributed by atoms with van der Waals surface area (Å²) >= 11 is 5.69. The molecule has 1 aromatic heterocycles. The van der Waals surface area contributed by atoms with Crippen LogP contribution in [0.3, 0.4) is 0 Å². The van der Waals surface area contributed by atoms with Crippen molar-refractivity contribution in [1.82, 2.24) is 15.2 Å². The maximum atomic E-state index is 13.2. The van der Waals surface area contributed by atoms with Crippen LogP contribution in [-0.2, 0) is 22.4 Å². The van der Waals surface area contributed by atoms with Crippen LogP contribution in [0.5, 0.6) is 11.5 Å². The summed E-state index contributed by atoms with van der Waals surface area (Å²) in [5.41, 5.74) is 2.96. The summed E-state index contributed by atoms with van der Waals surface area (Å²) < 4.78 is 10.6. The molecule has 2 amide bonds. The van der Waals surface area contributed by atoms with Gasteiger partial charge in [-0.15, -0.1) is 11.6 Å². The molecule has 0 aliphatic carbocycles. The van der Waals surface area contributed by atoms with Crippen LogP contribution in [0.15, 0.2) is 48.7 Å². The van der Waals surface area contributed by atoms with Gasteiger partial charge in [0.15, 0.2) is 11.5 Å². The number of methoxy groups -OCH3 is 2. The van der Waals surface area contributed by atoms with E-state index in [0.717, 1.165) is 22.0 Å². The number of aromatic amines is 1. The van der Waals surface area contributed by atoms with Crippen LogP contribution < -0.4 is 14.8 Å². The van der Waals surface area contributed by atoms with Crippen LogP contribution in [0.4, 0.5) is 0 Å². The summed E-state index contributed by atoms with van der Waals surface area (Å²) in [5, 5.41) is 3.80. The van der Waals surface area contributed by atoms with E-state index in [1.54, 1.807) is 26.2 Å². The number of rotatable bonds is 10. The minimum absolute atomic E-state index is 0.172. The van der Waals surface area contributed by atoms with Gasteiger partial charge < -0.3 is 24.7 Å². The lowest BCUT2D eigenvalue weighted by Crippen LogP contribution is -2.49. The third-order valence-electron chi connectivity index (χ3n) is 5.41. The van der Waals surface area contributed by atoms with Crippen molar-refractivity contribution < 1.29 is 19.1 Å². The predicted molar refractivity (Wildman–Crippen MR) is 126 cm³/mol. The van der Waals surface area contributed by atoms with Crippen LogP contribution in [0.2, 0.25) is 0 Å². The Balaban J connectivity index is 1.71. The van der Waals surface area contributed by atoms with Gasteiger partial charge in [0.2, 0.25) is 11.8 Å². The Morgan fingerprint density at radius 3 is 2.59 bits per heavy atom.